The summed E-state index contributed by atoms with van der Waals surface area (Å²) in [4.78, 5) is 4.62. The molecule has 3 aromatic carbocycles. The standard InChI is InChI=1S/C22H17N3S/c1-2-8-17(9-3-1)10-7-15-23-25-22-24-21(16-26-22)20-14-6-12-18-11-4-5-13-19(18)20/h1-14,16H,15H2. The molecule has 3 nitrogen and oxygen atoms in total. The lowest BCUT2D eigenvalue weighted by Crippen LogP contribution is -1.80. The SMILES string of the molecule is C(=Cc1ccccc1)CN=Nc1nc(-c2cccc3ccccc23)cs1. The summed E-state index contributed by atoms with van der Waals surface area (Å²) in [5.41, 5.74) is 3.24. The fraction of sp³-hybridized carbons (Fsp3) is 0.0455. The van der Waals surface area contributed by atoms with E-state index in [9.17, 15) is 0 Å². The summed E-state index contributed by atoms with van der Waals surface area (Å²) in [6.07, 6.45) is 4.04. The molecule has 0 aliphatic rings. The van der Waals surface area contributed by atoms with E-state index in [4.69, 9.17) is 0 Å². The molecule has 0 aliphatic heterocycles. The number of rotatable bonds is 5. The Morgan fingerprint density at radius 2 is 1.69 bits per heavy atom. The molecule has 0 atom stereocenters. The number of benzene rings is 3. The maximum Gasteiger partial charge on any atom is 0.230 e. The van der Waals surface area contributed by atoms with Crippen LogP contribution in [-0.2, 0) is 0 Å². The van der Waals surface area contributed by atoms with E-state index in [-0.39, 0.29) is 0 Å². The summed E-state index contributed by atoms with van der Waals surface area (Å²) in [6.45, 7) is 0.540. The quantitative estimate of drug-likeness (QED) is 0.364. The maximum absolute atomic E-state index is 4.62. The zero-order valence-electron chi connectivity index (χ0n) is 14.1. The number of fused-ring (bicyclic) bond motifs is 1. The fourth-order valence-corrected chi connectivity index (χ4v) is 3.44. The van der Waals surface area contributed by atoms with Crippen LogP contribution in [0.2, 0.25) is 0 Å². The van der Waals surface area contributed by atoms with Crippen LogP contribution in [0.4, 0.5) is 5.13 Å². The summed E-state index contributed by atoms with van der Waals surface area (Å²) in [7, 11) is 0. The normalized spacial score (nSPS) is 11.7. The highest BCUT2D eigenvalue weighted by atomic mass is 32.1. The van der Waals surface area contributed by atoms with Crippen molar-refractivity contribution in [1.29, 1.82) is 0 Å². The van der Waals surface area contributed by atoms with Gasteiger partial charge in [-0.15, -0.1) is 16.5 Å². The zero-order chi connectivity index (χ0) is 17.6. The Bertz CT molecular complexity index is 1060. The summed E-state index contributed by atoms with van der Waals surface area (Å²) >= 11 is 1.51. The molecule has 0 spiro atoms. The smallest absolute Gasteiger partial charge is 0.217 e. The van der Waals surface area contributed by atoms with Crippen molar-refractivity contribution in [2.24, 2.45) is 10.2 Å². The van der Waals surface area contributed by atoms with Crippen molar-refractivity contribution >= 4 is 33.3 Å². The second-order valence-electron chi connectivity index (χ2n) is 5.78. The molecule has 1 heterocycles. The first-order valence-corrected chi connectivity index (χ1v) is 9.31. The Balaban J connectivity index is 1.47. The first-order valence-electron chi connectivity index (χ1n) is 8.43. The van der Waals surface area contributed by atoms with E-state index in [2.05, 4.69) is 69.8 Å². The lowest BCUT2D eigenvalue weighted by atomic mass is 10.0. The van der Waals surface area contributed by atoms with Crippen LogP contribution in [0, 0.1) is 0 Å². The van der Waals surface area contributed by atoms with Crippen LogP contribution in [0.5, 0.6) is 0 Å². The van der Waals surface area contributed by atoms with Crippen LogP contribution >= 0.6 is 11.3 Å². The van der Waals surface area contributed by atoms with Crippen molar-refractivity contribution in [2.45, 2.75) is 0 Å². The van der Waals surface area contributed by atoms with Gasteiger partial charge < -0.3 is 0 Å². The molecule has 0 fully saturated rings. The van der Waals surface area contributed by atoms with Gasteiger partial charge in [0.1, 0.15) is 0 Å². The van der Waals surface area contributed by atoms with E-state index in [0.717, 1.165) is 16.8 Å². The lowest BCUT2D eigenvalue weighted by Gasteiger charge is -2.02. The summed E-state index contributed by atoms with van der Waals surface area (Å²) in [5.74, 6) is 0. The highest BCUT2D eigenvalue weighted by Gasteiger charge is 2.07. The molecular weight excluding hydrogens is 338 g/mol. The van der Waals surface area contributed by atoms with Gasteiger partial charge in [-0.05, 0) is 16.3 Å². The van der Waals surface area contributed by atoms with Crippen molar-refractivity contribution in [3.63, 3.8) is 0 Å². The molecule has 1 aromatic heterocycles. The summed E-state index contributed by atoms with van der Waals surface area (Å²) in [5, 5.41) is 13.6. The number of hydrogen-bond donors (Lipinski definition) is 0. The van der Waals surface area contributed by atoms with E-state index in [0.29, 0.717) is 11.7 Å². The number of thiazole rings is 1. The van der Waals surface area contributed by atoms with Crippen molar-refractivity contribution in [3.8, 4) is 11.3 Å². The van der Waals surface area contributed by atoms with Crippen LogP contribution in [0.15, 0.2) is 94.5 Å². The topological polar surface area (TPSA) is 37.6 Å². The monoisotopic (exact) mass is 355 g/mol. The highest BCUT2D eigenvalue weighted by Crippen LogP contribution is 2.31. The molecule has 0 bridgehead atoms. The van der Waals surface area contributed by atoms with Crippen LogP contribution in [0.3, 0.4) is 0 Å². The van der Waals surface area contributed by atoms with Crippen molar-refractivity contribution in [2.75, 3.05) is 6.54 Å². The molecule has 0 saturated heterocycles. The second-order valence-corrected chi connectivity index (χ2v) is 6.62. The van der Waals surface area contributed by atoms with Gasteiger partial charge in [0.25, 0.3) is 0 Å². The van der Waals surface area contributed by atoms with Gasteiger partial charge in [0.15, 0.2) is 0 Å². The van der Waals surface area contributed by atoms with Crippen LogP contribution < -0.4 is 0 Å². The number of nitrogens with zero attached hydrogens (tertiary/aromatic N) is 3. The third-order valence-electron chi connectivity index (χ3n) is 4.01. The molecule has 4 heteroatoms. The molecule has 0 amide bonds. The highest BCUT2D eigenvalue weighted by molar-refractivity contribution is 7.13. The molecule has 26 heavy (non-hydrogen) atoms. The Labute approximate surface area is 156 Å². The minimum Gasteiger partial charge on any atom is -0.217 e. The molecule has 0 aliphatic carbocycles. The fourth-order valence-electron chi connectivity index (χ4n) is 2.78. The van der Waals surface area contributed by atoms with E-state index in [1.807, 2.05) is 35.7 Å². The molecule has 0 unspecified atom stereocenters. The predicted octanol–water partition coefficient (Wildman–Crippen LogP) is 6.76. The summed E-state index contributed by atoms with van der Waals surface area (Å²) in [6, 6.07) is 24.8. The average Bonchev–Trinajstić information content (AvgIpc) is 3.17. The van der Waals surface area contributed by atoms with E-state index >= 15 is 0 Å². The summed E-state index contributed by atoms with van der Waals surface area (Å²) < 4.78 is 0. The zero-order valence-corrected chi connectivity index (χ0v) is 14.9. The minimum absolute atomic E-state index is 0.540. The van der Waals surface area contributed by atoms with Gasteiger partial charge >= 0.3 is 0 Å². The average molecular weight is 355 g/mol. The first-order chi connectivity index (χ1) is 12.9. The van der Waals surface area contributed by atoms with Crippen molar-refractivity contribution < 1.29 is 0 Å². The number of aromatic nitrogens is 1. The number of azo groups is 1. The molecular formula is C22H17N3S. The van der Waals surface area contributed by atoms with Crippen LogP contribution in [-0.4, -0.2) is 11.5 Å². The molecule has 4 aromatic rings. The van der Waals surface area contributed by atoms with E-state index < -0.39 is 0 Å². The van der Waals surface area contributed by atoms with Gasteiger partial charge in [-0.3, -0.25) is 0 Å². The van der Waals surface area contributed by atoms with Crippen molar-refractivity contribution in [1.82, 2.24) is 4.98 Å². The largest absolute Gasteiger partial charge is 0.230 e. The Hall–Kier alpha value is -3.11. The predicted molar refractivity (Wildman–Crippen MR) is 110 cm³/mol. The van der Waals surface area contributed by atoms with Crippen LogP contribution in [0.1, 0.15) is 5.56 Å². The third-order valence-corrected chi connectivity index (χ3v) is 4.74. The van der Waals surface area contributed by atoms with Gasteiger partial charge in [-0.1, -0.05) is 84.9 Å². The van der Waals surface area contributed by atoms with Gasteiger partial charge in [0, 0.05) is 10.9 Å². The Morgan fingerprint density at radius 3 is 2.62 bits per heavy atom. The number of hydrogen-bond acceptors (Lipinski definition) is 4. The first kappa shape index (κ1) is 16.4. The minimum atomic E-state index is 0.540. The van der Waals surface area contributed by atoms with Gasteiger partial charge in [0.2, 0.25) is 5.13 Å². The Morgan fingerprint density at radius 1 is 0.885 bits per heavy atom. The van der Waals surface area contributed by atoms with Gasteiger partial charge in [-0.2, -0.15) is 5.11 Å². The van der Waals surface area contributed by atoms with E-state index in [1.54, 1.807) is 0 Å². The van der Waals surface area contributed by atoms with E-state index in [1.165, 1.54) is 22.1 Å². The molecule has 0 N–H and O–H groups in total. The molecule has 126 valence electrons. The maximum atomic E-state index is 4.62. The van der Waals surface area contributed by atoms with Gasteiger partial charge in [0.05, 0.1) is 12.2 Å². The van der Waals surface area contributed by atoms with Crippen LogP contribution in [0.25, 0.3) is 28.1 Å². The molecule has 0 saturated carbocycles. The lowest BCUT2D eigenvalue weighted by molar-refractivity contribution is 1.06. The Kier molecular flexibility index (Phi) is 4.94. The van der Waals surface area contributed by atoms with Crippen molar-refractivity contribution in [3.05, 3.63) is 89.8 Å². The van der Waals surface area contributed by atoms with Gasteiger partial charge in [-0.25, -0.2) is 4.98 Å². The molecule has 0 radical (unpaired) electrons. The molecule has 4 rings (SSSR count). The third kappa shape index (κ3) is 3.76. The second kappa shape index (κ2) is 7.85.